The first kappa shape index (κ1) is 12.2. The lowest BCUT2D eigenvalue weighted by Gasteiger charge is -1.98. The predicted octanol–water partition coefficient (Wildman–Crippen LogP) is 0.437. The van der Waals surface area contributed by atoms with Gasteiger partial charge in [0.05, 0.1) is 6.07 Å². The Morgan fingerprint density at radius 2 is 2.07 bits per heavy atom. The van der Waals surface area contributed by atoms with Crippen LogP contribution in [-0.2, 0) is 9.59 Å². The van der Waals surface area contributed by atoms with Gasteiger partial charge in [-0.25, -0.2) is 4.79 Å². The molecule has 0 atom stereocenters. The first-order valence-electron chi connectivity index (χ1n) is 4.22. The van der Waals surface area contributed by atoms with Gasteiger partial charge in [0.1, 0.15) is 0 Å². The van der Waals surface area contributed by atoms with Crippen molar-refractivity contribution in [3.8, 4) is 6.07 Å². The van der Waals surface area contributed by atoms with Crippen LogP contribution in [0.5, 0.6) is 0 Å². The van der Waals surface area contributed by atoms with E-state index in [1.165, 1.54) is 0 Å². The third-order valence-corrected chi connectivity index (χ3v) is 1.39. The summed E-state index contributed by atoms with van der Waals surface area (Å²) in [6.45, 7) is 0.463. The van der Waals surface area contributed by atoms with Crippen LogP contribution >= 0.6 is 0 Å². The van der Waals surface area contributed by atoms with Crippen LogP contribution in [0, 0.1) is 11.3 Å². The van der Waals surface area contributed by atoms with E-state index in [4.69, 9.17) is 10.4 Å². The third-order valence-electron chi connectivity index (χ3n) is 1.39. The molecule has 0 saturated heterocycles. The lowest BCUT2D eigenvalue weighted by Crippen LogP contribution is -2.22. The highest BCUT2D eigenvalue weighted by molar-refractivity contribution is 5.93. The van der Waals surface area contributed by atoms with E-state index in [-0.39, 0.29) is 0 Å². The summed E-state index contributed by atoms with van der Waals surface area (Å²) in [5, 5.41) is 18.9. The van der Waals surface area contributed by atoms with E-state index < -0.39 is 11.9 Å². The van der Waals surface area contributed by atoms with Crippen molar-refractivity contribution < 1.29 is 14.7 Å². The standard InChI is InChI=1S/C9H12N2O3/c10-6-2-1-3-7-11-8(12)4-5-9(13)14/h4-5H,1-3,7H2,(H,11,12)(H,13,14). The number of nitrogens with zero attached hydrogens (tertiary/aromatic N) is 1. The molecule has 0 bridgehead atoms. The molecule has 5 heteroatoms. The second kappa shape index (κ2) is 7.80. The summed E-state index contributed by atoms with van der Waals surface area (Å²) < 4.78 is 0. The first-order valence-corrected chi connectivity index (χ1v) is 4.22. The topological polar surface area (TPSA) is 90.2 Å². The maximum atomic E-state index is 10.9. The van der Waals surface area contributed by atoms with E-state index in [9.17, 15) is 9.59 Å². The van der Waals surface area contributed by atoms with Gasteiger partial charge in [0.25, 0.3) is 0 Å². The largest absolute Gasteiger partial charge is 0.478 e. The fraction of sp³-hybridized carbons (Fsp3) is 0.444. The molecular weight excluding hydrogens is 184 g/mol. The Morgan fingerprint density at radius 3 is 2.64 bits per heavy atom. The molecule has 0 spiro atoms. The number of aliphatic carboxylic acids is 1. The van der Waals surface area contributed by atoms with Crippen LogP contribution in [-0.4, -0.2) is 23.5 Å². The molecule has 14 heavy (non-hydrogen) atoms. The summed E-state index contributed by atoms with van der Waals surface area (Å²) in [7, 11) is 0. The summed E-state index contributed by atoms with van der Waals surface area (Å²) in [6.07, 6.45) is 3.68. The Kier molecular flexibility index (Phi) is 6.78. The normalized spacial score (nSPS) is 9.64. The van der Waals surface area contributed by atoms with Crippen molar-refractivity contribution in [2.75, 3.05) is 6.54 Å². The molecule has 0 aliphatic heterocycles. The number of nitrogens with one attached hydrogen (secondary N) is 1. The smallest absolute Gasteiger partial charge is 0.328 e. The molecule has 0 unspecified atom stereocenters. The lowest BCUT2D eigenvalue weighted by atomic mass is 10.2. The van der Waals surface area contributed by atoms with Crippen LogP contribution in [0.25, 0.3) is 0 Å². The van der Waals surface area contributed by atoms with Gasteiger partial charge in [-0.15, -0.1) is 0 Å². The minimum Gasteiger partial charge on any atom is -0.478 e. The van der Waals surface area contributed by atoms with Gasteiger partial charge in [0, 0.05) is 25.1 Å². The second-order valence-corrected chi connectivity index (χ2v) is 2.58. The van der Waals surface area contributed by atoms with Crippen molar-refractivity contribution in [2.24, 2.45) is 0 Å². The minimum absolute atomic E-state index is 0.427. The number of unbranched alkanes of at least 4 members (excludes halogenated alkanes) is 2. The van der Waals surface area contributed by atoms with Gasteiger partial charge in [0.2, 0.25) is 5.91 Å². The molecule has 0 aromatic carbocycles. The molecule has 0 aliphatic rings. The summed E-state index contributed by atoms with van der Waals surface area (Å²) >= 11 is 0. The molecule has 0 aromatic rings. The zero-order chi connectivity index (χ0) is 10.8. The molecule has 76 valence electrons. The first-order chi connectivity index (χ1) is 6.66. The number of carboxylic acid groups (broad SMARTS) is 1. The van der Waals surface area contributed by atoms with Gasteiger partial charge in [-0.05, 0) is 12.8 Å². The van der Waals surface area contributed by atoms with Crippen LogP contribution in [0.15, 0.2) is 12.2 Å². The highest BCUT2D eigenvalue weighted by atomic mass is 16.4. The number of hydrogen-bond donors (Lipinski definition) is 2. The van der Waals surface area contributed by atoms with Crippen molar-refractivity contribution in [1.82, 2.24) is 5.32 Å². The van der Waals surface area contributed by atoms with E-state index in [1.807, 2.05) is 6.07 Å². The number of hydrogen-bond acceptors (Lipinski definition) is 3. The van der Waals surface area contributed by atoms with Crippen molar-refractivity contribution in [3.63, 3.8) is 0 Å². The zero-order valence-corrected chi connectivity index (χ0v) is 7.69. The fourth-order valence-corrected chi connectivity index (χ4v) is 0.747. The Bertz CT molecular complexity index is 266. The molecule has 0 saturated carbocycles. The van der Waals surface area contributed by atoms with Crippen LogP contribution in [0.1, 0.15) is 19.3 Å². The number of carbonyl (C=O) groups is 2. The molecule has 2 N–H and O–H groups in total. The van der Waals surface area contributed by atoms with Gasteiger partial charge in [-0.2, -0.15) is 5.26 Å². The van der Waals surface area contributed by atoms with Crippen LogP contribution < -0.4 is 5.32 Å². The summed E-state index contributed by atoms with van der Waals surface area (Å²) in [4.78, 5) is 20.9. The molecule has 0 aliphatic carbocycles. The van der Waals surface area contributed by atoms with Crippen LogP contribution in [0.3, 0.4) is 0 Å². The van der Waals surface area contributed by atoms with E-state index >= 15 is 0 Å². The predicted molar refractivity (Wildman–Crippen MR) is 49.2 cm³/mol. The summed E-state index contributed by atoms with van der Waals surface area (Å²) in [6, 6.07) is 1.99. The maximum Gasteiger partial charge on any atom is 0.328 e. The molecule has 0 heterocycles. The third kappa shape index (κ3) is 8.27. The number of rotatable bonds is 6. The molecule has 0 rings (SSSR count). The average Bonchev–Trinajstić information content (AvgIpc) is 2.14. The molecule has 0 fully saturated rings. The van der Waals surface area contributed by atoms with E-state index in [0.29, 0.717) is 13.0 Å². The number of nitriles is 1. The van der Waals surface area contributed by atoms with Crippen LogP contribution in [0.2, 0.25) is 0 Å². The molecule has 0 aromatic heterocycles. The summed E-state index contributed by atoms with van der Waals surface area (Å²) in [5.41, 5.74) is 0. The Labute approximate surface area is 82.0 Å². The van der Waals surface area contributed by atoms with Crippen molar-refractivity contribution in [3.05, 3.63) is 12.2 Å². The highest BCUT2D eigenvalue weighted by Gasteiger charge is 1.95. The maximum absolute atomic E-state index is 10.9. The molecule has 1 amide bonds. The van der Waals surface area contributed by atoms with Gasteiger partial charge in [0.15, 0.2) is 0 Å². The van der Waals surface area contributed by atoms with Crippen LogP contribution in [0.4, 0.5) is 0 Å². The Hall–Kier alpha value is -1.83. The van der Waals surface area contributed by atoms with Crippen molar-refractivity contribution in [1.29, 1.82) is 5.26 Å². The van der Waals surface area contributed by atoms with Crippen molar-refractivity contribution >= 4 is 11.9 Å². The fourth-order valence-electron chi connectivity index (χ4n) is 0.747. The molecule has 0 radical (unpaired) electrons. The van der Waals surface area contributed by atoms with Gasteiger partial charge in [-0.1, -0.05) is 0 Å². The molecule has 5 nitrogen and oxygen atoms in total. The molecular formula is C9H12N2O3. The zero-order valence-electron chi connectivity index (χ0n) is 7.69. The second-order valence-electron chi connectivity index (χ2n) is 2.58. The number of amides is 1. The van der Waals surface area contributed by atoms with E-state index in [2.05, 4.69) is 5.32 Å². The van der Waals surface area contributed by atoms with Crippen molar-refractivity contribution in [2.45, 2.75) is 19.3 Å². The van der Waals surface area contributed by atoms with Gasteiger partial charge < -0.3 is 10.4 Å². The number of carboxylic acids is 1. The minimum atomic E-state index is -1.15. The Balaban J connectivity index is 3.46. The lowest BCUT2D eigenvalue weighted by molar-refractivity contribution is -0.131. The number of carbonyl (C=O) groups excluding carboxylic acids is 1. The Morgan fingerprint density at radius 1 is 1.36 bits per heavy atom. The van der Waals surface area contributed by atoms with E-state index in [0.717, 1.165) is 25.0 Å². The quantitative estimate of drug-likeness (QED) is 0.476. The van der Waals surface area contributed by atoms with Gasteiger partial charge >= 0.3 is 5.97 Å². The SMILES string of the molecule is N#CCCCCNC(=O)C=CC(=O)O. The highest BCUT2D eigenvalue weighted by Crippen LogP contribution is 1.91. The monoisotopic (exact) mass is 196 g/mol. The summed E-state index contributed by atoms with van der Waals surface area (Å²) in [5.74, 6) is -1.58. The average molecular weight is 196 g/mol. The van der Waals surface area contributed by atoms with E-state index in [1.54, 1.807) is 0 Å². The van der Waals surface area contributed by atoms with Gasteiger partial charge in [-0.3, -0.25) is 4.79 Å².